The highest BCUT2D eigenvalue weighted by Gasteiger charge is 2.20. The average Bonchev–Trinajstić information content (AvgIpc) is 3.09. The molecule has 0 bridgehead atoms. The molecule has 146 valence electrons. The van der Waals surface area contributed by atoms with E-state index in [9.17, 15) is 0 Å². The number of hydrazine groups is 1. The summed E-state index contributed by atoms with van der Waals surface area (Å²) in [6, 6.07) is 12.3. The molecule has 6 nitrogen and oxygen atoms in total. The Bertz CT molecular complexity index is 880. The van der Waals surface area contributed by atoms with Crippen molar-refractivity contribution in [1.29, 1.82) is 0 Å². The molecular weight excluding hydrogens is 348 g/mol. The van der Waals surface area contributed by atoms with E-state index in [0.717, 1.165) is 36.2 Å². The van der Waals surface area contributed by atoms with Gasteiger partial charge in [-0.25, -0.2) is 5.01 Å². The van der Waals surface area contributed by atoms with E-state index < -0.39 is 0 Å². The Labute approximate surface area is 166 Å². The normalized spacial score (nSPS) is 18.8. The fourth-order valence-electron chi connectivity index (χ4n) is 3.26. The third kappa shape index (κ3) is 4.85. The van der Waals surface area contributed by atoms with Crippen molar-refractivity contribution in [3.63, 3.8) is 0 Å². The highest BCUT2D eigenvalue weighted by atomic mass is 15.4. The van der Waals surface area contributed by atoms with Gasteiger partial charge in [-0.05, 0) is 36.1 Å². The predicted octanol–water partition coefficient (Wildman–Crippen LogP) is 2.14. The lowest BCUT2D eigenvalue weighted by Gasteiger charge is -2.12. The number of rotatable bonds is 6. The largest absolute Gasteiger partial charge is 0.398 e. The van der Waals surface area contributed by atoms with E-state index in [1.807, 2.05) is 25.3 Å². The van der Waals surface area contributed by atoms with Gasteiger partial charge in [-0.3, -0.25) is 15.8 Å². The molecular formula is C22H28N6. The first-order valence-electron chi connectivity index (χ1n) is 9.42. The van der Waals surface area contributed by atoms with Crippen molar-refractivity contribution in [3.05, 3.63) is 83.2 Å². The number of pyridine rings is 1. The van der Waals surface area contributed by atoms with E-state index in [2.05, 4.69) is 40.8 Å². The lowest BCUT2D eigenvalue weighted by Crippen LogP contribution is -2.29. The molecule has 0 amide bonds. The summed E-state index contributed by atoms with van der Waals surface area (Å²) in [6.45, 7) is 7.41. The van der Waals surface area contributed by atoms with Crippen molar-refractivity contribution in [2.45, 2.75) is 25.8 Å². The van der Waals surface area contributed by atoms with Gasteiger partial charge in [-0.15, -0.1) is 0 Å². The summed E-state index contributed by atoms with van der Waals surface area (Å²) in [5.74, 6) is 6.20. The van der Waals surface area contributed by atoms with Gasteiger partial charge < -0.3 is 11.5 Å². The number of aryl methyl sites for hydroxylation is 1. The Morgan fingerprint density at radius 3 is 2.57 bits per heavy atom. The van der Waals surface area contributed by atoms with Crippen LogP contribution in [0.15, 0.2) is 65.8 Å². The van der Waals surface area contributed by atoms with Crippen molar-refractivity contribution in [2.75, 3.05) is 13.1 Å². The molecule has 0 radical (unpaired) electrons. The zero-order chi connectivity index (χ0) is 20.1. The Kier molecular flexibility index (Phi) is 6.23. The van der Waals surface area contributed by atoms with Gasteiger partial charge in [-0.2, -0.15) is 0 Å². The van der Waals surface area contributed by atoms with Crippen molar-refractivity contribution < 1.29 is 0 Å². The smallest absolute Gasteiger partial charge is 0.128 e. The quantitative estimate of drug-likeness (QED) is 0.310. The summed E-state index contributed by atoms with van der Waals surface area (Å²) in [4.78, 5) is 9.04. The van der Waals surface area contributed by atoms with Crippen molar-refractivity contribution >= 4 is 11.5 Å². The molecule has 0 saturated carbocycles. The van der Waals surface area contributed by atoms with Crippen LogP contribution in [0.2, 0.25) is 0 Å². The molecule has 6 N–H and O–H groups in total. The Hall–Kier alpha value is -2.96. The first kappa shape index (κ1) is 19.8. The van der Waals surface area contributed by atoms with Crippen LogP contribution in [0.3, 0.4) is 0 Å². The molecule has 0 aliphatic carbocycles. The number of hydrogen-bond acceptors (Lipinski definition) is 5. The minimum Gasteiger partial charge on any atom is -0.398 e. The molecule has 1 aliphatic heterocycles. The lowest BCUT2D eigenvalue weighted by molar-refractivity contribution is 0.350. The van der Waals surface area contributed by atoms with Crippen LogP contribution < -0.4 is 17.3 Å². The first-order valence-corrected chi connectivity index (χ1v) is 9.42. The van der Waals surface area contributed by atoms with Crippen LogP contribution in [0, 0.1) is 6.92 Å². The molecule has 2 heterocycles. The Morgan fingerprint density at radius 2 is 2.00 bits per heavy atom. The number of aromatic nitrogens is 1. The maximum absolute atomic E-state index is 6.37. The van der Waals surface area contributed by atoms with E-state index >= 15 is 0 Å². The molecule has 1 aromatic carbocycles. The fourth-order valence-corrected chi connectivity index (χ4v) is 3.26. The maximum Gasteiger partial charge on any atom is 0.128 e. The topological polar surface area (TPSA) is 107 Å². The van der Waals surface area contributed by atoms with Gasteiger partial charge in [0.25, 0.3) is 0 Å². The molecule has 1 unspecified atom stereocenters. The molecule has 1 aliphatic rings. The number of aliphatic imine (C=N–C) groups is 1. The highest BCUT2D eigenvalue weighted by Crippen LogP contribution is 2.18. The second-order valence-electron chi connectivity index (χ2n) is 7.18. The van der Waals surface area contributed by atoms with Gasteiger partial charge in [0, 0.05) is 42.7 Å². The standard InChI is InChI=1S/C22H28N6/c1-3-20(22(24)27-19-10-11-28(25)14-19)21(23)17-7-5-16(6-8-17)12-18-9-4-15(2)13-26-18/h3-9,13,19H,1,10-12,14,23,25H2,2H3,(H2,24,27). The number of nitrogens with zero attached hydrogens (tertiary/aromatic N) is 3. The van der Waals surface area contributed by atoms with E-state index in [1.165, 1.54) is 5.56 Å². The van der Waals surface area contributed by atoms with E-state index in [4.69, 9.17) is 17.3 Å². The van der Waals surface area contributed by atoms with Gasteiger partial charge >= 0.3 is 0 Å². The monoisotopic (exact) mass is 376 g/mol. The van der Waals surface area contributed by atoms with Crippen molar-refractivity contribution in [3.8, 4) is 0 Å². The van der Waals surface area contributed by atoms with Gasteiger partial charge in [0.2, 0.25) is 0 Å². The summed E-state index contributed by atoms with van der Waals surface area (Å²) in [6.07, 6.45) is 5.22. The number of benzene rings is 1. The molecule has 1 saturated heterocycles. The lowest BCUT2D eigenvalue weighted by atomic mass is 10.0. The first-order chi connectivity index (χ1) is 13.5. The van der Waals surface area contributed by atoms with Crippen LogP contribution in [0.4, 0.5) is 0 Å². The van der Waals surface area contributed by atoms with Gasteiger partial charge in [0.05, 0.1) is 6.04 Å². The van der Waals surface area contributed by atoms with Crippen molar-refractivity contribution in [2.24, 2.45) is 22.3 Å². The average molecular weight is 377 g/mol. The number of hydrogen-bond donors (Lipinski definition) is 3. The Balaban J connectivity index is 1.77. The third-order valence-corrected chi connectivity index (χ3v) is 4.91. The van der Waals surface area contributed by atoms with Crippen LogP contribution in [-0.4, -0.2) is 35.0 Å². The van der Waals surface area contributed by atoms with E-state index in [0.29, 0.717) is 23.7 Å². The van der Waals surface area contributed by atoms with E-state index in [1.54, 1.807) is 11.1 Å². The molecule has 1 atom stereocenters. The van der Waals surface area contributed by atoms with E-state index in [-0.39, 0.29) is 6.04 Å². The second kappa shape index (κ2) is 8.82. The number of nitrogens with two attached hydrogens (primary N) is 3. The van der Waals surface area contributed by atoms with Crippen LogP contribution in [-0.2, 0) is 6.42 Å². The van der Waals surface area contributed by atoms with Crippen molar-refractivity contribution in [1.82, 2.24) is 9.99 Å². The number of amidine groups is 1. The molecule has 28 heavy (non-hydrogen) atoms. The molecule has 1 fully saturated rings. The molecule has 1 aromatic heterocycles. The van der Waals surface area contributed by atoms with Crippen LogP contribution in [0.25, 0.3) is 5.70 Å². The fraction of sp³-hybridized carbons (Fsp3) is 0.273. The molecule has 0 spiro atoms. The maximum atomic E-state index is 6.37. The third-order valence-electron chi connectivity index (χ3n) is 4.91. The van der Waals surface area contributed by atoms with Gasteiger partial charge in [0.15, 0.2) is 0 Å². The summed E-state index contributed by atoms with van der Waals surface area (Å²) < 4.78 is 0. The summed E-state index contributed by atoms with van der Waals surface area (Å²) >= 11 is 0. The van der Waals surface area contributed by atoms with Crippen LogP contribution in [0.1, 0.15) is 28.8 Å². The minimum absolute atomic E-state index is 0.0946. The highest BCUT2D eigenvalue weighted by molar-refractivity contribution is 6.05. The molecule has 3 rings (SSSR count). The minimum atomic E-state index is 0.0946. The zero-order valence-corrected chi connectivity index (χ0v) is 16.3. The van der Waals surface area contributed by atoms with Gasteiger partial charge in [-0.1, -0.05) is 43.0 Å². The summed E-state index contributed by atoms with van der Waals surface area (Å²) in [7, 11) is 0. The second-order valence-corrected chi connectivity index (χ2v) is 7.18. The summed E-state index contributed by atoms with van der Waals surface area (Å²) in [5, 5.41) is 1.75. The summed E-state index contributed by atoms with van der Waals surface area (Å²) in [5.41, 5.74) is 18.1. The van der Waals surface area contributed by atoms with Crippen LogP contribution >= 0.6 is 0 Å². The van der Waals surface area contributed by atoms with Crippen LogP contribution in [0.5, 0.6) is 0 Å². The molecule has 6 heteroatoms. The van der Waals surface area contributed by atoms with Gasteiger partial charge in [0.1, 0.15) is 5.84 Å². The zero-order valence-electron chi connectivity index (χ0n) is 16.3. The molecule has 2 aromatic rings. The SMILES string of the molecule is C=CC(C(N)=NC1CCN(N)C1)=C(N)c1ccc(Cc2ccc(C)cn2)cc1. The Morgan fingerprint density at radius 1 is 1.25 bits per heavy atom. The predicted molar refractivity (Wildman–Crippen MR) is 115 cm³/mol.